The van der Waals surface area contributed by atoms with E-state index in [0.717, 1.165) is 22.2 Å². The van der Waals surface area contributed by atoms with E-state index in [-0.39, 0.29) is 11.6 Å². The first kappa shape index (κ1) is 17.7. The van der Waals surface area contributed by atoms with E-state index in [0.29, 0.717) is 5.89 Å². The van der Waals surface area contributed by atoms with Gasteiger partial charge >= 0.3 is 5.97 Å². The van der Waals surface area contributed by atoms with Crippen molar-refractivity contribution in [1.29, 1.82) is 0 Å². The van der Waals surface area contributed by atoms with Gasteiger partial charge in [0.2, 0.25) is 5.89 Å². The van der Waals surface area contributed by atoms with Crippen LogP contribution >= 0.6 is 0 Å². The molecule has 28 heavy (non-hydrogen) atoms. The first-order valence-electron chi connectivity index (χ1n) is 8.68. The number of para-hydroxylation sites is 1. The molecule has 0 spiro atoms. The molecule has 0 saturated heterocycles. The maximum absolute atomic E-state index is 12.4. The lowest BCUT2D eigenvalue weighted by Gasteiger charge is -2.09. The lowest BCUT2D eigenvalue weighted by atomic mass is 10.2. The summed E-state index contributed by atoms with van der Waals surface area (Å²) >= 11 is 0. The maximum Gasteiger partial charge on any atom is 0.357 e. The normalized spacial score (nSPS) is 11.9. The van der Waals surface area contributed by atoms with Gasteiger partial charge in [0, 0.05) is 10.9 Å². The molecular weight excluding hydrogens is 358 g/mol. The summed E-state index contributed by atoms with van der Waals surface area (Å²) in [5, 5.41) is 8.96. The summed E-state index contributed by atoms with van der Waals surface area (Å²) in [6.07, 6.45) is -0.708. The van der Waals surface area contributed by atoms with Gasteiger partial charge in [-0.3, -0.25) is 0 Å². The van der Waals surface area contributed by atoms with Crippen molar-refractivity contribution in [2.75, 3.05) is 7.11 Å². The van der Waals surface area contributed by atoms with E-state index in [1.165, 1.54) is 0 Å². The van der Waals surface area contributed by atoms with Crippen molar-refractivity contribution in [2.45, 2.75) is 13.0 Å². The molecule has 2 aromatic heterocycles. The molecule has 0 amide bonds. The maximum atomic E-state index is 12.4. The number of rotatable bonds is 5. The minimum atomic E-state index is -0.708. The van der Waals surface area contributed by atoms with Crippen LogP contribution in [0.5, 0.6) is 5.75 Å². The molecule has 0 radical (unpaired) electrons. The highest BCUT2D eigenvalue weighted by atomic mass is 16.6. The van der Waals surface area contributed by atoms with Gasteiger partial charge in [0.1, 0.15) is 11.4 Å². The molecule has 2 aromatic carbocycles. The molecule has 0 unspecified atom stereocenters. The van der Waals surface area contributed by atoms with Crippen molar-refractivity contribution in [3.05, 3.63) is 72.2 Å². The van der Waals surface area contributed by atoms with Crippen LogP contribution in [0, 0.1) is 0 Å². The molecular formula is C21H17N3O4. The molecule has 0 aliphatic heterocycles. The van der Waals surface area contributed by atoms with Gasteiger partial charge in [-0.15, -0.1) is 10.2 Å². The summed E-state index contributed by atoms with van der Waals surface area (Å²) < 4.78 is 16.2. The van der Waals surface area contributed by atoms with E-state index in [1.54, 1.807) is 32.2 Å². The number of carbonyl (C=O) groups is 1. The molecule has 7 nitrogen and oxygen atoms in total. The largest absolute Gasteiger partial charge is 0.497 e. The summed E-state index contributed by atoms with van der Waals surface area (Å²) in [4.78, 5) is 16.8. The van der Waals surface area contributed by atoms with Crippen LogP contribution in [0.2, 0.25) is 0 Å². The standard InChI is InChI=1S/C21H17N3O4/c1-13(19-23-24-20(28-19)15-7-10-16(26-2)11-8-15)27-21(25)18-12-9-14-5-3-4-6-17(14)22-18/h3-13H,1-2H3/t13-/m0/s1. The van der Waals surface area contributed by atoms with Crippen molar-refractivity contribution < 1.29 is 18.7 Å². The van der Waals surface area contributed by atoms with Crippen LogP contribution in [0.4, 0.5) is 0 Å². The zero-order valence-electron chi connectivity index (χ0n) is 15.3. The van der Waals surface area contributed by atoms with E-state index in [2.05, 4.69) is 15.2 Å². The number of pyridine rings is 1. The van der Waals surface area contributed by atoms with Crippen LogP contribution in [-0.2, 0) is 4.74 Å². The second-order valence-electron chi connectivity index (χ2n) is 6.11. The second-order valence-corrected chi connectivity index (χ2v) is 6.11. The van der Waals surface area contributed by atoms with Crippen LogP contribution in [0.15, 0.2) is 65.1 Å². The average Bonchev–Trinajstić information content (AvgIpc) is 3.24. The van der Waals surface area contributed by atoms with Gasteiger partial charge in [0.05, 0.1) is 12.6 Å². The quantitative estimate of drug-likeness (QED) is 0.483. The Hall–Kier alpha value is -3.74. The Balaban J connectivity index is 1.48. The van der Waals surface area contributed by atoms with E-state index >= 15 is 0 Å². The second kappa shape index (κ2) is 7.48. The van der Waals surface area contributed by atoms with Crippen LogP contribution in [0.1, 0.15) is 29.4 Å². The minimum Gasteiger partial charge on any atom is -0.497 e. The molecule has 4 aromatic rings. The third-order valence-electron chi connectivity index (χ3n) is 4.22. The molecule has 2 heterocycles. The third kappa shape index (κ3) is 3.55. The van der Waals surface area contributed by atoms with E-state index in [1.807, 2.05) is 42.5 Å². The number of aromatic nitrogens is 3. The van der Waals surface area contributed by atoms with Gasteiger partial charge in [-0.2, -0.15) is 0 Å². The van der Waals surface area contributed by atoms with E-state index < -0.39 is 12.1 Å². The van der Waals surface area contributed by atoms with Crippen molar-refractivity contribution in [3.63, 3.8) is 0 Å². The van der Waals surface area contributed by atoms with Crippen molar-refractivity contribution in [3.8, 4) is 17.2 Å². The Bertz CT molecular complexity index is 1120. The fourth-order valence-electron chi connectivity index (χ4n) is 2.70. The molecule has 0 aliphatic carbocycles. The number of hydrogen-bond donors (Lipinski definition) is 0. The van der Waals surface area contributed by atoms with Gasteiger partial charge in [-0.25, -0.2) is 9.78 Å². The fourth-order valence-corrected chi connectivity index (χ4v) is 2.70. The Morgan fingerprint density at radius 2 is 1.79 bits per heavy atom. The molecule has 4 rings (SSSR count). The summed E-state index contributed by atoms with van der Waals surface area (Å²) in [6, 6.07) is 18.2. The molecule has 1 atom stereocenters. The molecule has 7 heteroatoms. The van der Waals surface area contributed by atoms with Crippen LogP contribution < -0.4 is 4.74 Å². The summed E-state index contributed by atoms with van der Waals surface area (Å²) in [5.74, 6) is 0.723. The van der Waals surface area contributed by atoms with Crippen LogP contribution in [0.3, 0.4) is 0 Å². The van der Waals surface area contributed by atoms with Gasteiger partial charge in [-0.1, -0.05) is 24.3 Å². The summed E-state index contributed by atoms with van der Waals surface area (Å²) in [7, 11) is 1.60. The summed E-state index contributed by atoms with van der Waals surface area (Å²) in [5.41, 5.74) is 1.69. The topological polar surface area (TPSA) is 87.3 Å². The zero-order valence-corrected chi connectivity index (χ0v) is 15.3. The number of nitrogens with zero attached hydrogens (tertiary/aromatic N) is 3. The highest BCUT2D eigenvalue weighted by Gasteiger charge is 2.21. The Labute approximate surface area is 160 Å². The van der Waals surface area contributed by atoms with Crippen LogP contribution in [-0.4, -0.2) is 28.3 Å². The lowest BCUT2D eigenvalue weighted by molar-refractivity contribution is 0.0273. The molecule has 0 saturated carbocycles. The molecule has 0 fully saturated rings. The zero-order chi connectivity index (χ0) is 19.5. The number of methoxy groups -OCH3 is 1. The molecule has 0 bridgehead atoms. The number of esters is 1. The highest BCUT2D eigenvalue weighted by Crippen LogP contribution is 2.25. The molecule has 0 N–H and O–H groups in total. The number of hydrogen-bond acceptors (Lipinski definition) is 7. The number of benzene rings is 2. The highest BCUT2D eigenvalue weighted by molar-refractivity contribution is 5.91. The Morgan fingerprint density at radius 1 is 1.00 bits per heavy atom. The van der Waals surface area contributed by atoms with Gasteiger partial charge in [0.25, 0.3) is 5.89 Å². The van der Waals surface area contributed by atoms with Gasteiger partial charge < -0.3 is 13.9 Å². The fraction of sp³-hybridized carbons (Fsp3) is 0.143. The number of ether oxygens (including phenoxy) is 2. The van der Waals surface area contributed by atoms with E-state index in [4.69, 9.17) is 13.9 Å². The number of fused-ring (bicyclic) bond motifs is 1. The Morgan fingerprint density at radius 3 is 2.57 bits per heavy atom. The number of carbonyl (C=O) groups excluding carboxylic acids is 1. The van der Waals surface area contributed by atoms with Gasteiger partial charge in [0.15, 0.2) is 6.10 Å². The predicted octanol–water partition coefficient (Wildman–Crippen LogP) is 4.21. The van der Waals surface area contributed by atoms with Crippen molar-refractivity contribution in [2.24, 2.45) is 0 Å². The first-order chi connectivity index (χ1) is 13.6. The lowest BCUT2D eigenvalue weighted by Crippen LogP contribution is -2.11. The monoisotopic (exact) mass is 375 g/mol. The average molecular weight is 375 g/mol. The van der Waals surface area contributed by atoms with Crippen molar-refractivity contribution in [1.82, 2.24) is 15.2 Å². The summed E-state index contributed by atoms with van der Waals surface area (Å²) in [6.45, 7) is 1.67. The third-order valence-corrected chi connectivity index (χ3v) is 4.22. The first-order valence-corrected chi connectivity index (χ1v) is 8.68. The predicted molar refractivity (Wildman–Crippen MR) is 102 cm³/mol. The van der Waals surface area contributed by atoms with Crippen LogP contribution in [0.25, 0.3) is 22.4 Å². The SMILES string of the molecule is COc1ccc(-c2nnc([C@H](C)OC(=O)c3ccc4ccccc4n3)o2)cc1. The molecule has 140 valence electrons. The van der Waals surface area contributed by atoms with Crippen molar-refractivity contribution >= 4 is 16.9 Å². The molecule has 0 aliphatic rings. The van der Waals surface area contributed by atoms with Gasteiger partial charge in [-0.05, 0) is 43.3 Å². The van der Waals surface area contributed by atoms with E-state index in [9.17, 15) is 4.79 Å². The smallest absolute Gasteiger partial charge is 0.357 e. The Kier molecular flexibility index (Phi) is 4.72. The minimum absolute atomic E-state index is 0.208.